The van der Waals surface area contributed by atoms with Gasteiger partial charge in [-0.25, -0.2) is 19.9 Å². The fourth-order valence-corrected chi connectivity index (χ4v) is 3.44. The van der Waals surface area contributed by atoms with Crippen molar-refractivity contribution in [1.82, 2.24) is 29.8 Å². The molecule has 1 aliphatic rings. The Morgan fingerprint density at radius 3 is 2.90 bits per heavy atom. The molecule has 1 fully saturated rings. The van der Waals surface area contributed by atoms with Crippen LogP contribution in [0.3, 0.4) is 0 Å². The number of ether oxygens (including phenoxy) is 1. The summed E-state index contributed by atoms with van der Waals surface area (Å²) in [6.45, 7) is 2.11. The quantitative estimate of drug-likeness (QED) is 0.394. The Bertz CT molecular complexity index is 1100. The fourth-order valence-electron chi connectivity index (χ4n) is 2.96. The lowest BCUT2D eigenvalue weighted by atomic mass is 10.1. The van der Waals surface area contributed by atoms with Gasteiger partial charge < -0.3 is 26.0 Å². The van der Waals surface area contributed by atoms with E-state index in [1.165, 1.54) is 22.2 Å². The van der Waals surface area contributed by atoms with Crippen LogP contribution in [0.25, 0.3) is 11.2 Å². The number of imidazole rings is 1. The van der Waals surface area contributed by atoms with Crippen LogP contribution in [0.4, 0.5) is 5.82 Å². The standard InChI is InChI=1S/C17H17N7O4S/c1-2-19-16(27)13-11(25)12(26)17(28-13)24-7-21-10-14(18)22-8(23-15(10)24)3-4-9-20-5-6-29-9/h5-7,11-13,17,25-26H,2H2,1H3,(H,19,27)(H2,18,22,23). The number of amides is 1. The van der Waals surface area contributed by atoms with Gasteiger partial charge in [0.1, 0.15) is 17.7 Å². The molecule has 29 heavy (non-hydrogen) atoms. The van der Waals surface area contributed by atoms with E-state index in [0.29, 0.717) is 11.6 Å². The summed E-state index contributed by atoms with van der Waals surface area (Å²) in [6, 6.07) is 0. The molecule has 0 aliphatic carbocycles. The predicted molar refractivity (Wildman–Crippen MR) is 102 cm³/mol. The molecule has 11 nitrogen and oxygen atoms in total. The number of nitrogen functional groups attached to an aromatic ring is 1. The number of anilines is 1. The van der Waals surface area contributed by atoms with Gasteiger partial charge in [0.05, 0.1) is 6.33 Å². The van der Waals surface area contributed by atoms with Crippen LogP contribution >= 0.6 is 11.3 Å². The molecule has 5 N–H and O–H groups in total. The Kier molecular flexibility index (Phi) is 5.12. The third-order valence-electron chi connectivity index (χ3n) is 4.28. The zero-order valence-electron chi connectivity index (χ0n) is 15.2. The Morgan fingerprint density at radius 2 is 2.17 bits per heavy atom. The van der Waals surface area contributed by atoms with Gasteiger partial charge in [-0.1, -0.05) is 0 Å². The number of fused-ring (bicyclic) bond motifs is 1. The summed E-state index contributed by atoms with van der Waals surface area (Å²) in [7, 11) is 0. The first-order valence-electron chi connectivity index (χ1n) is 8.70. The first-order chi connectivity index (χ1) is 14.0. The highest BCUT2D eigenvalue weighted by atomic mass is 32.1. The largest absolute Gasteiger partial charge is 0.387 e. The topological polar surface area (TPSA) is 161 Å². The molecule has 1 aliphatic heterocycles. The molecule has 150 valence electrons. The van der Waals surface area contributed by atoms with E-state index in [2.05, 4.69) is 37.1 Å². The van der Waals surface area contributed by atoms with Crippen molar-refractivity contribution in [1.29, 1.82) is 0 Å². The molecule has 0 spiro atoms. The number of nitrogens with two attached hydrogens (primary N) is 1. The summed E-state index contributed by atoms with van der Waals surface area (Å²) in [5.74, 6) is 5.35. The van der Waals surface area contributed by atoms with Crippen molar-refractivity contribution in [2.45, 2.75) is 31.5 Å². The first-order valence-corrected chi connectivity index (χ1v) is 9.58. The van der Waals surface area contributed by atoms with Gasteiger partial charge in [-0.15, -0.1) is 11.3 Å². The highest BCUT2D eigenvalue weighted by Gasteiger charge is 2.47. The zero-order valence-corrected chi connectivity index (χ0v) is 16.0. The molecule has 4 unspecified atom stereocenters. The monoisotopic (exact) mass is 415 g/mol. The minimum Gasteiger partial charge on any atom is -0.387 e. The van der Waals surface area contributed by atoms with Crippen LogP contribution in [-0.4, -0.2) is 65.5 Å². The van der Waals surface area contributed by atoms with E-state index >= 15 is 0 Å². The van der Waals surface area contributed by atoms with E-state index in [4.69, 9.17) is 10.5 Å². The number of thiazole rings is 1. The van der Waals surface area contributed by atoms with Crippen LogP contribution in [0.1, 0.15) is 24.0 Å². The molecule has 3 aromatic heterocycles. The molecule has 0 bridgehead atoms. The lowest BCUT2D eigenvalue weighted by Crippen LogP contribution is -2.42. The van der Waals surface area contributed by atoms with Crippen molar-refractivity contribution in [3.8, 4) is 11.8 Å². The number of aliphatic hydroxyl groups is 2. The van der Waals surface area contributed by atoms with E-state index < -0.39 is 30.4 Å². The van der Waals surface area contributed by atoms with Gasteiger partial charge in [-0.2, -0.15) is 0 Å². The van der Waals surface area contributed by atoms with Crippen molar-refractivity contribution in [3.63, 3.8) is 0 Å². The number of likely N-dealkylation sites (N-methyl/N-ethyl adjacent to an activating group) is 1. The van der Waals surface area contributed by atoms with Crippen LogP contribution in [0.2, 0.25) is 0 Å². The van der Waals surface area contributed by atoms with Crippen molar-refractivity contribution in [3.05, 3.63) is 28.7 Å². The number of carbonyl (C=O) groups excluding carboxylic acids is 1. The molecule has 0 saturated carbocycles. The lowest BCUT2D eigenvalue weighted by molar-refractivity contribution is -0.137. The smallest absolute Gasteiger partial charge is 0.252 e. The molecule has 4 heterocycles. The molecular formula is C17H17N7O4S. The van der Waals surface area contributed by atoms with Gasteiger partial charge in [-0.3, -0.25) is 9.36 Å². The molecule has 1 amide bonds. The zero-order chi connectivity index (χ0) is 20.5. The molecule has 0 aromatic carbocycles. The fraction of sp³-hybridized carbons (Fsp3) is 0.353. The van der Waals surface area contributed by atoms with Crippen LogP contribution < -0.4 is 11.1 Å². The third-order valence-corrected chi connectivity index (χ3v) is 4.97. The van der Waals surface area contributed by atoms with Crippen LogP contribution in [0, 0.1) is 11.8 Å². The Hall–Kier alpha value is -3.11. The Labute approximate surface area is 168 Å². The molecule has 4 atom stereocenters. The number of hydrogen-bond donors (Lipinski definition) is 4. The maximum absolute atomic E-state index is 12.1. The van der Waals surface area contributed by atoms with Gasteiger partial charge >= 0.3 is 0 Å². The van der Waals surface area contributed by atoms with Crippen molar-refractivity contribution >= 4 is 34.2 Å². The summed E-state index contributed by atoms with van der Waals surface area (Å²) in [4.78, 5) is 28.8. The Balaban J connectivity index is 1.70. The molecule has 1 saturated heterocycles. The van der Waals surface area contributed by atoms with Gasteiger partial charge in [0.25, 0.3) is 5.91 Å². The number of nitrogens with one attached hydrogen (secondary N) is 1. The minimum atomic E-state index is -1.41. The number of aromatic nitrogens is 5. The normalized spacial score (nSPS) is 23.7. The van der Waals surface area contributed by atoms with E-state index in [-0.39, 0.29) is 22.8 Å². The second-order valence-corrected chi connectivity index (χ2v) is 7.06. The maximum Gasteiger partial charge on any atom is 0.252 e. The van der Waals surface area contributed by atoms with Gasteiger partial charge in [-0.05, 0) is 18.8 Å². The summed E-state index contributed by atoms with van der Waals surface area (Å²) >= 11 is 1.37. The summed E-state index contributed by atoms with van der Waals surface area (Å²) < 4.78 is 7.01. The number of nitrogens with zero attached hydrogens (tertiary/aromatic N) is 5. The van der Waals surface area contributed by atoms with Crippen molar-refractivity contribution in [2.75, 3.05) is 12.3 Å². The van der Waals surface area contributed by atoms with Crippen molar-refractivity contribution in [2.24, 2.45) is 0 Å². The summed E-state index contributed by atoms with van der Waals surface area (Å²) in [6.07, 6.45) is -2.10. The highest BCUT2D eigenvalue weighted by molar-refractivity contribution is 7.10. The second kappa shape index (κ2) is 7.72. The number of hydrogen-bond acceptors (Lipinski definition) is 10. The van der Waals surface area contributed by atoms with E-state index in [1.54, 1.807) is 18.5 Å². The molecule has 3 aromatic rings. The number of aliphatic hydroxyl groups excluding tert-OH is 2. The van der Waals surface area contributed by atoms with Crippen LogP contribution in [-0.2, 0) is 9.53 Å². The van der Waals surface area contributed by atoms with Crippen LogP contribution in [0.5, 0.6) is 0 Å². The van der Waals surface area contributed by atoms with Crippen molar-refractivity contribution < 1.29 is 19.7 Å². The predicted octanol–water partition coefficient (Wildman–Crippen LogP) is -0.980. The SMILES string of the molecule is CCNC(=O)C1OC(n2cnc3c(N)nc(C#Cc4nccs4)nc32)C(O)C1O. The molecule has 0 radical (unpaired) electrons. The number of rotatable bonds is 3. The minimum absolute atomic E-state index is 0.102. The average molecular weight is 415 g/mol. The first kappa shape index (κ1) is 19.2. The van der Waals surface area contributed by atoms with Gasteiger partial charge in [0, 0.05) is 18.1 Å². The second-order valence-electron chi connectivity index (χ2n) is 6.17. The number of carbonyl (C=O) groups is 1. The van der Waals surface area contributed by atoms with Crippen LogP contribution in [0.15, 0.2) is 17.9 Å². The average Bonchev–Trinajstić information content (AvgIpc) is 3.41. The summed E-state index contributed by atoms with van der Waals surface area (Å²) in [5, 5.41) is 25.6. The van der Waals surface area contributed by atoms with Gasteiger partial charge in [0.15, 0.2) is 28.8 Å². The highest BCUT2D eigenvalue weighted by Crippen LogP contribution is 2.32. The molecule has 4 rings (SSSR count). The maximum atomic E-state index is 12.1. The van der Waals surface area contributed by atoms with E-state index in [9.17, 15) is 15.0 Å². The lowest BCUT2D eigenvalue weighted by Gasteiger charge is -2.16. The van der Waals surface area contributed by atoms with Gasteiger partial charge in [0.2, 0.25) is 5.82 Å². The van der Waals surface area contributed by atoms with E-state index in [0.717, 1.165) is 0 Å². The Morgan fingerprint density at radius 1 is 1.34 bits per heavy atom. The molecule has 12 heteroatoms. The summed E-state index contributed by atoms with van der Waals surface area (Å²) in [5.41, 5.74) is 6.52. The molecular weight excluding hydrogens is 398 g/mol. The van der Waals surface area contributed by atoms with E-state index in [1.807, 2.05) is 0 Å². The third kappa shape index (κ3) is 3.52.